The second-order valence-electron chi connectivity index (χ2n) is 7.84. The third kappa shape index (κ3) is 4.54. The fourth-order valence-corrected chi connectivity index (χ4v) is 3.95. The molecular weight excluding hydrogens is 378 g/mol. The Morgan fingerprint density at radius 1 is 1.21 bits per heavy atom. The fraction of sp³-hybridized carbons (Fsp3) is 0.550. The minimum Gasteiger partial charge on any atom is -0.390 e. The van der Waals surface area contributed by atoms with Crippen LogP contribution in [0.3, 0.4) is 0 Å². The maximum atomic E-state index is 10.2. The van der Waals surface area contributed by atoms with Crippen molar-refractivity contribution in [2.24, 2.45) is 0 Å². The van der Waals surface area contributed by atoms with Gasteiger partial charge in [-0.15, -0.1) is 10.2 Å². The Bertz CT molecular complexity index is 799. The van der Waals surface area contributed by atoms with Gasteiger partial charge in [-0.25, -0.2) is 4.98 Å². The van der Waals surface area contributed by atoms with E-state index in [9.17, 15) is 5.11 Å². The molecule has 1 aliphatic carbocycles. The number of halogens is 1. The molecule has 0 unspecified atom stereocenters. The molecule has 0 atom stereocenters. The van der Waals surface area contributed by atoms with E-state index in [0.717, 1.165) is 61.5 Å². The molecule has 0 aromatic carbocycles. The molecule has 0 amide bonds. The lowest BCUT2D eigenvalue weighted by Gasteiger charge is -2.34. The highest BCUT2D eigenvalue weighted by atomic mass is 35.5. The topological polar surface area (TPSA) is 83.4 Å². The van der Waals surface area contributed by atoms with Crippen molar-refractivity contribution in [1.82, 2.24) is 15.2 Å². The molecule has 0 radical (unpaired) electrons. The highest BCUT2D eigenvalue weighted by Gasteiger charge is 2.29. The molecule has 2 aromatic heterocycles. The van der Waals surface area contributed by atoms with Crippen molar-refractivity contribution in [1.29, 1.82) is 0 Å². The first-order chi connectivity index (χ1) is 13.5. The summed E-state index contributed by atoms with van der Waals surface area (Å²) >= 11 is 6.15. The molecule has 2 aliphatic rings. The Kier molecular flexibility index (Phi) is 5.66. The summed E-state index contributed by atoms with van der Waals surface area (Å²) in [6.45, 7) is 4.99. The molecule has 2 fully saturated rings. The zero-order chi connectivity index (χ0) is 19.6. The third-order valence-electron chi connectivity index (χ3n) is 5.55. The van der Waals surface area contributed by atoms with Crippen LogP contribution in [0.15, 0.2) is 24.4 Å². The Balaban J connectivity index is 1.53. The summed E-state index contributed by atoms with van der Waals surface area (Å²) in [6.07, 6.45) is 5.13. The molecule has 0 bridgehead atoms. The zero-order valence-electron chi connectivity index (χ0n) is 16.1. The van der Waals surface area contributed by atoms with Gasteiger partial charge in [0.05, 0.1) is 24.5 Å². The van der Waals surface area contributed by atoms with E-state index in [1.807, 2.05) is 25.1 Å². The van der Waals surface area contributed by atoms with Gasteiger partial charge >= 0.3 is 0 Å². The standard InChI is InChI=1S/C20H26ClN5O2/c1-20(27)6-4-14(5-7-20)23-17-12-18(21)22-13-15(17)16-2-3-19(25-24-16)26-8-10-28-11-9-26/h2-3,12-14,27H,4-11H2,1H3,(H,22,23). The largest absolute Gasteiger partial charge is 0.390 e. The molecule has 3 heterocycles. The van der Waals surface area contributed by atoms with Crippen molar-refractivity contribution in [3.8, 4) is 11.3 Å². The predicted octanol–water partition coefficient (Wildman–Crippen LogP) is 3.13. The number of nitrogens with one attached hydrogen (secondary N) is 1. The highest BCUT2D eigenvalue weighted by Crippen LogP contribution is 2.33. The fourth-order valence-electron chi connectivity index (χ4n) is 3.79. The monoisotopic (exact) mass is 403 g/mol. The van der Waals surface area contributed by atoms with Crippen LogP contribution in [0.25, 0.3) is 11.3 Å². The van der Waals surface area contributed by atoms with Crippen LogP contribution in [0.1, 0.15) is 32.6 Å². The molecule has 8 heteroatoms. The van der Waals surface area contributed by atoms with Gasteiger partial charge in [-0.05, 0) is 50.8 Å². The van der Waals surface area contributed by atoms with Crippen LogP contribution in [0.4, 0.5) is 11.5 Å². The zero-order valence-corrected chi connectivity index (χ0v) is 16.8. The van der Waals surface area contributed by atoms with Crippen molar-refractivity contribution in [2.75, 3.05) is 36.5 Å². The Hall–Kier alpha value is -1.96. The minimum atomic E-state index is -0.558. The lowest BCUT2D eigenvalue weighted by molar-refractivity contribution is 0.0196. The summed E-state index contributed by atoms with van der Waals surface area (Å²) in [6, 6.07) is 6.09. The molecule has 1 saturated heterocycles. The molecule has 0 spiro atoms. The first-order valence-corrected chi connectivity index (χ1v) is 10.2. The van der Waals surface area contributed by atoms with E-state index in [1.54, 1.807) is 6.20 Å². The quantitative estimate of drug-likeness (QED) is 0.758. The van der Waals surface area contributed by atoms with E-state index in [1.165, 1.54) is 0 Å². The molecule has 150 valence electrons. The van der Waals surface area contributed by atoms with E-state index < -0.39 is 5.60 Å². The van der Waals surface area contributed by atoms with Crippen LogP contribution in [0, 0.1) is 0 Å². The van der Waals surface area contributed by atoms with Crippen molar-refractivity contribution in [3.05, 3.63) is 29.5 Å². The number of aliphatic hydroxyl groups is 1. The number of morpholine rings is 1. The molecule has 2 N–H and O–H groups in total. The van der Waals surface area contributed by atoms with Crippen LogP contribution in [-0.2, 0) is 4.74 Å². The number of nitrogens with zero attached hydrogens (tertiary/aromatic N) is 4. The smallest absolute Gasteiger partial charge is 0.151 e. The van der Waals surface area contributed by atoms with E-state index in [0.29, 0.717) is 18.4 Å². The molecule has 28 heavy (non-hydrogen) atoms. The van der Waals surface area contributed by atoms with Crippen molar-refractivity contribution >= 4 is 23.1 Å². The minimum absolute atomic E-state index is 0.290. The van der Waals surface area contributed by atoms with Crippen molar-refractivity contribution < 1.29 is 9.84 Å². The van der Waals surface area contributed by atoms with Crippen molar-refractivity contribution in [2.45, 2.75) is 44.2 Å². The summed E-state index contributed by atoms with van der Waals surface area (Å²) in [5.41, 5.74) is 1.98. The van der Waals surface area contributed by atoms with Gasteiger partial charge in [-0.2, -0.15) is 0 Å². The number of ether oxygens (including phenoxy) is 1. The maximum absolute atomic E-state index is 10.2. The summed E-state index contributed by atoms with van der Waals surface area (Å²) in [7, 11) is 0. The van der Waals surface area contributed by atoms with Gasteiger partial charge in [-0.1, -0.05) is 11.6 Å². The molecule has 4 rings (SSSR count). The summed E-state index contributed by atoms with van der Waals surface area (Å²) in [5, 5.41) is 23.0. The number of hydrogen-bond donors (Lipinski definition) is 2. The van der Waals surface area contributed by atoms with Crippen molar-refractivity contribution in [3.63, 3.8) is 0 Å². The lowest BCUT2D eigenvalue weighted by atomic mass is 9.83. The van der Waals surface area contributed by atoms with Gasteiger partial charge in [0.15, 0.2) is 5.82 Å². The van der Waals surface area contributed by atoms with Gasteiger partial charge in [0, 0.05) is 36.6 Å². The van der Waals surface area contributed by atoms with E-state index in [4.69, 9.17) is 16.3 Å². The molecule has 7 nitrogen and oxygen atoms in total. The Morgan fingerprint density at radius 2 is 1.96 bits per heavy atom. The average Bonchev–Trinajstić information content (AvgIpc) is 2.71. The second-order valence-corrected chi connectivity index (χ2v) is 8.23. The van der Waals surface area contributed by atoms with Crippen LogP contribution in [0.2, 0.25) is 5.15 Å². The van der Waals surface area contributed by atoms with Crippen LogP contribution in [0.5, 0.6) is 0 Å². The maximum Gasteiger partial charge on any atom is 0.151 e. The SMILES string of the molecule is CC1(O)CCC(Nc2cc(Cl)ncc2-c2ccc(N3CCOCC3)nn2)CC1. The average molecular weight is 404 g/mol. The first-order valence-electron chi connectivity index (χ1n) is 9.81. The predicted molar refractivity (Wildman–Crippen MR) is 110 cm³/mol. The Labute approximate surface area is 170 Å². The number of anilines is 2. The van der Waals surface area contributed by atoms with Gasteiger partial charge < -0.3 is 20.1 Å². The molecule has 1 aliphatic heterocycles. The van der Waals surface area contributed by atoms with Gasteiger partial charge in [0.2, 0.25) is 0 Å². The number of aromatic nitrogens is 3. The van der Waals surface area contributed by atoms with E-state index in [-0.39, 0.29) is 6.04 Å². The summed E-state index contributed by atoms with van der Waals surface area (Å²) in [5.74, 6) is 0.859. The van der Waals surface area contributed by atoms with Crippen LogP contribution in [-0.4, -0.2) is 58.2 Å². The van der Waals surface area contributed by atoms with Gasteiger partial charge in [0.25, 0.3) is 0 Å². The highest BCUT2D eigenvalue weighted by molar-refractivity contribution is 6.29. The van der Waals surface area contributed by atoms with E-state index in [2.05, 4.69) is 25.4 Å². The molecule has 2 aromatic rings. The lowest BCUT2D eigenvalue weighted by Crippen LogP contribution is -2.36. The third-order valence-corrected chi connectivity index (χ3v) is 5.76. The van der Waals surface area contributed by atoms with E-state index >= 15 is 0 Å². The molecular formula is C20H26ClN5O2. The second kappa shape index (κ2) is 8.19. The number of hydrogen-bond acceptors (Lipinski definition) is 7. The van der Waals surface area contributed by atoms with Gasteiger partial charge in [-0.3, -0.25) is 0 Å². The Morgan fingerprint density at radius 3 is 2.64 bits per heavy atom. The summed E-state index contributed by atoms with van der Waals surface area (Å²) < 4.78 is 5.39. The van der Waals surface area contributed by atoms with Gasteiger partial charge in [0.1, 0.15) is 5.15 Å². The summed E-state index contributed by atoms with van der Waals surface area (Å²) in [4.78, 5) is 6.41. The van der Waals surface area contributed by atoms with Crippen LogP contribution >= 0.6 is 11.6 Å². The number of pyridine rings is 1. The normalized spacial score (nSPS) is 25.5. The first kappa shape index (κ1) is 19.4. The number of rotatable bonds is 4. The molecule has 1 saturated carbocycles. The van der Waals surface area contributed by atoms with Crippen LogP contribution < -0.4 is 10.2 Å².